The molecule has 2 aromatic rings. The minimum atomic E-state index is -0.346. The Kier molecular flexibility index (Phi) is 4.70. The largest absolute Gasteiger partial charge is 0.379 e. The van der Waals surface area contributed by atoms with Crippen LogP contribution in [0.5, 0.6) is 0 Å². The van der Waals surface area contributed by atoms with Crippen LogP contribution >= 0.6 is 0 Å². The number of aromatic nitrogens is 2. The van der Waals surface area contributed by atoms with Crippen LogP contribution in [-0.4, -0.2) is 21.0 Å². The molecule has 0 aliphatic heterocycles. The first-order valence-corrected chi connectivity index (χ1v) is 6.61. The number of nitro groups is 1. The maximum absolute atomic E-state index is 11.0. The quantitative estimate of drug-likeness (QED) is 0.478. The molecule has 1 aromatic carbocycles. The number of anilines is 1. The lowest BCUT2D eigenvalue weighted by Crippen LogP contribution is -2.06. The second kappa shape index (κ2) is 6.70. The number of imidazole rings is 1. The van der Waals surface area contributed by atoms with E-state index in [1.54, 1.807) is 24.7 Å². The van der Waals surface area contributed by atoms with Crippen LogP contribution in [0.2, 0.25) is 0 Å². The molecule has 0 atom stereocenters. The highest BCUT2D eigenvalue weighted by molar-refractivity contribution is 5.62. The smallest absolute Gasteiger partial charge is 0.292 e. The molecule has 0 fully saturated rings. The lowest BCUT2D eigenvalue weighted by Gasteiger charge is -2.08. The highest BCUT2D eigenvalue weighted by Gasteiger charge is 2.12. The van der Waals surface area contributed by atoms with Gasteiger partial charge in [-0.3, -0.25) is 10.1 Å². The zero-order valence-corrected chi connectivity index (χ0v) is 11.5. The summed E-state index contributed by atoms with van der Waals surface area (Å²) in [4.78, 5) is 14.6. The van der Waals surface area contributed by atoms with Gasteiger partial charge in [-0.2, -0.15) is 0 Å². The number of nitrogens with one attached hydrogen (secondary N) is 1. The molecular weight excluding hydrogens is 256 g/mol. The second-order valence-corrected chi connectivity index (χ2v) is 4.71. The molecule has 0 saturated heterocycles. The Labute approximate surface area is 117 Å². The van der Waals surface area contributed by atoms with Gasteiger partial charge in [0.25, 0.3) is 5.69 Å². The topological polar surface area (TPSA) is 73.0 Å². The molecule has 0 spiro atoms. The van der Waals surface area contributed by atoms with Crippen molar-refractivity contribution in [1.29, 1.82) is 0 Å². The first kappa shape index (κ1) is 14.0. The number of hydrogen-bond acceptors (Lipinski definition) is 4. The molecule has 0 unspecified atom stereocenters. The Morgan fingerprint density at radius 2 is 2.25 bits per heavy atom. The minimum Gasteiger partial charge on any atom is -0.379 e. The third kappa shape index (κ3) is 3.81. The Bertz CT molecular complexity index is 567. The standard InChI is InChI=1S/C14H18N4O2/c1-12-4-5-13(14(10-12)18(19)20)16-6-2-3-8-17-9-7-15-11-17/h4-5,7,9-11,16H,2-3,6,8H2,1H3. The average molecular weight is 274 g/mol. The van der Waals surface area contributed by atoms with E-state index in [0.717, 1.165) is 31.5 Å². The molecule has 6 nitrogen and oxygen atoms in total. The molecule has 6 heteroatoms. The van der Waals surface area contributed by atoms with Gasteiger partial charge in [-0.05, 0) is 31.4 Å². The van der Waals surface area contributed by atoms with Gasteiger partial charge in [-0.15, -0.1) is 0 Å². The third-order valence-corrected chi connectivity index (χ3v) is 3.07. The van der Waals surface area contributed by atoms with Crippen LogP contribution in [0.4, 0.5) is 11.4 Å². The predicted octanol–water partition coefficient (Wildman–Crippen LogP) is 2.99. The van der Waals surface area contributed by atoms with Gasteiger partial charge in [0.15, 0.2) is 0 Å². The summed E-state index contributed by atoms with van der Waals surface area (Å²) < 4.78 is 2.02. The van der Waals surface area contributed by atoms with Gasteiger partial charge in [-0.25, -0.2) is 4.98 Å². The molecule has 1 aromatic heterocycles. The Hall–Kier alpha value is -2.37. The number of benzene rings is 1. The second-order valence-electron chi connectivity index (χ2n) is 4.71. The molecule has 1 N–H and O–H groups in total. The monoisotopic (exact) mass is 274 g/mol. The van der Waals surface area contributed by atoms with Crippen LogP contribution in [0.1, 0.15) is 18.4 Å². The van der Waals surface area contributed by atoms with Gasteiger partial charge >= 0.3 is 0 Å². The van der Waals surface area contributed by atoms with E-state index in [2.05, 4.69) is 10.3 Å². The Morgan fingerprint density at radius 1 is 1.40 bits per heavy atom. The molecule has 0 radical (unpaired) electrons. The van der Waals surface area contributed by atoms with Crippen molar-refractivity contribution in [1.82, 2.24) is 9.55 Å². The highest BCUT2D eigenvalue weighted by Crippen LogP contribution is 2.25. The predicted molar refractivity (Wildman–Crippen MR) is 77.8 cm³/mol. The van der Waals surface area contributed by atoms with Crippen LogP contribution in [-0.2, 0) is 6.54 Å². The lowest BCUT2D eigenvalue weighted by atomic mass is 10.2. The summed E-state index contributed by atoms with van der Waals surface area (Å²) in [6.07, 6.45) is 7.43. The summed E-state index contributed by atoms with van der Waals surface area (Å²) in [6, 6.07) is 5.23. The van der Waals surface area contributed by atoms with E-state index in [-0.39, 0.29) is 10.6 Å². The molecular formula is C14H18N4O2. The van der Waals surface area contributed by atoms with E-state index in [9.17, 15) is 10.1 Å². The normalized spacial score (nSPS) is 10.4. The molecule has 0 aliphatic carbocycles. The molecule has 0 saturated carbocycles. The van der Waals surface area contributed by atoms with Crippen LogP contribution < -0.4 is 5.32 Å². The van der Waals surface area contributed by atoms with Crippen molar-refractivity contribution in [3.05, 3.63) is 52.6 Å². The number of nitro benzene ring substituents is 1. The zero-order chi connectivity index (χ0) is 14.4. The van der Waals surface area contributed by atoms with Crippen LogP contribution in [0.3, 0.4) is 0 Å². The molecule has 1 heterocycles. The van der Waals surface area contributed by atoms with Crippen molar-refractivity contribution in [3.63, 3.8) is 0 Å². The fraction of sp³-hybridized carbons (Fsp3) is 0.357. The molecule has 0 aliphatic rings. The summed E-state index contributed by atoms with van der Waals surface area (Å²) in [6.45, 7) is 3.48. The van der Waals surface area contributed by atoms with Crippen molar-refractivity contribution in [2.24, 2.45) is 0 Å². The van der Waals surface area contributed by atoms with Crippen molar-refractivity contribution < 1.29 is 4.92 Å². The number of unbranched alkanes of at least 4 members (excludes halogenated alkanes) is 1. The number of aryl methyl sites for hydroxylation is 2. The van der Waals surface area contributed by atoms with Crippen LogP contribution in [0.25, 0.3) is 0 Å². The van der Waals surface area contributed by atoms with E-state index < -0.39 is 0 Å². The van der Waals surface area contributed by atoms with Gasteiger partial charge in [0.1, 0.15) is 5.69 Å². The summed E-state index contributed by atoms with van der Waals surface area (Å²) in [5.74, 6) is 0. The van der Waals surface area contributed by atoms with Gasteiger partial charge < -0.3 is 9.88 Å². The summed E-state index contributed by atoms with van der Waals surface area (Å²) in [7, 11) is 0. The third-order valence-electron chi connectivity index (χ3n) is 3.07. The summed E-state index contributed by atoms with van der Waals surface area (Å²) in [5, 5.41) is 14.1. The van der Waals surface area contributed by atoms with Gasteiger partial charge in [-0.1, -0.05) is 6.07 Å². The maximum Gasteiger partial charge on any atom is 0.292 e. The Morgan fingerprint density at radius 3 is 2.95 bits per heavy atom. The molecule has 0 amide bonds. The summed E-state index contributed by atoms with van der Waals surface area (Å²) >= 11 is 0. The van der Waals surface area contributed by atoms with Crippen molar-refractivity contribution in [2.45, 2.75) is 26.3 Å². The van der Waals surface area contributed by atoms with E-state index in [1.165, 1.54) is 0 Å². The lowest BCUT2D eigenvalue weighted by molar-refractivity contribution is -0.384. The van der Waals surface area contributed by atoms with E-state index >= 15 is 0 Å². The molecule has 0 bridgehead atoms. The van der Waals surface area contributed by atoms with Crippen molar-refractivity contribution >= 4 is 11.4 Å². The number of rotatable bonds is 7. The van der Waals surface area contributed by atoms with E-state index in [1.807, 2.05) is 23.8 Å². The summed E-state index contributed by atoms with van der Waals surface area (Å²) in [5.41, 5.74) is 1.62. The molecule has 20 heavy (non-hydrogen) atoms. The fourth-order valence-corrected chi connectivity index (χ4v) is 2.00. The average Bonchev–Trinajstić information content (AvgIpc) is 2.92. The highest BCUT2D eigenvalue weighted by atomic mass is 16.6. The van der Waals surface area contributed by atoms with Gasteiger partial charge in [0, 0.05) is 31.5 Å². The minimum absolute atomic E-state index is 0.139. The zero-order valence-electron chi connectivity index (χ0n) is 11.5. The van der Waals surface area contributed by atoms with E-state index in [0.29, 0.717) is 5.69 Å². The van der Waals surface area contributed by atoms with Crippen molar-refractivity contribution in [2.75, 3.05) is 11.9 Å². The first-order valence-electron chi connectivity index (χ1n) is 6.61. The Balaban J connectivity index is 1.80. The number of nitrogens with zero attached hydrogens (tertiary/aromatic N) is 3. The van der Waals surface area contributed by atoms with Crippen LogP contribution in [0, 0.1) is 17.0 Å². The van der Waals surface area contributed by atoms with Gasteiger partial charge in [0.05, 0.1) is 11.3 Å². The molecule has 2 rings (SSSR count). The van der Waals surface area contributed by atoms with E-state index in [4.69, 9.17) is 0 Å². The number of hydrogen-bond donors (Lipinski definition) is 1. The maximum atomic E-state index is 11.0. The van der Waals surface area contributed by atoms with Crippen LogP contribution in [0.15, 0.2) is 36.9 Å². The fourth-order valence-electron chi connectivity index (χ4n) is 2.00. The van der Waals surface area contributed by atoms with Gasteiger partial charge in [0.2, 0.25) is 0 Å². The SMILES string of the molecule is Cc1ccc(NCCCCn2ccnc2)c([N+](=O)[O-])c1. The molecule has 106 valence electrons. The first-order chi connectivity index (χ1) is 9.66. The van der Waals surface area contributed by atoms with Crippen molar-refractivity contribution in [3.8, 4) is 0 Å².